The zero-order valence-corrected chi connectivity index (χ0v) is 20.6. The van der Waals surface area contributed by atoms with Crippen molar-refractivity contribution in [1.82, 2.24) is 9.55 Å². The number of aromatic nitrogens is 2. The number of aliphatic hydroxyl groups is 2. The van der Waals surface area contributed by atoms with Gasteiger partial charge >= 0.3 is 5.69 Å². The molecule has 0 spiro atoms. The van der Waals surface area contributed by atoms with E-state index in [0.717, 1.165) is 21.3 Å². The minimum Gasteiger partial charge on any atom is -0.391 e. The van der Waals surface area contributed by atoms with Crippen molar-refractivity contribution < 1.29 is 10.2 Å². The highest BCUT2D eigenvalue weighted by Crippen LogP contribution is 2.53. The van der Waals surface area contributed by atoms with Gasteiger partial charge in [-0.1, -0.05) is 91.0 Å². The Balaban J connectivity index is 1.66. The second-order valence-electron chi connectivity index (χ2n) is 9.19. The fraction of sp³-hybridized carbons (Fsp3) is 0.241. The van der Waals surface area contributed by atoms with E-state index in [4.69, 9.17) is 0 Å². The van der Waals surface area contributed by atoms with Gasteiger partial charge in [0.15, 0.2) is 0 Å². The minimum atomic E-state index is -1.31. The van der Waals surface area contributed by atoms with Crippen LogP contribution in [0.4, 0.5) is 0 Å². The van der Waals surface area contributed by atoms with Gasteiger partial charge in [-0.25, -0.2) is 4.79 Å². The second-order valence-corrected chi connectivity index (χ2v) is 10.4. The number of aromatic amines is 1. The van der Waals surface area contributed by atoms with E-state index in [1.54, 1.807) is 6.92 Å². The average molecular weight is 501 g/mol. The lowest BCUT2D eigenvalue weighted by atomic mass is 9.60. The summed E-state index contributed by atoms with van der Waals surface area (Å²) in [5.41, 5.74) is 1.55. The number of hydrogen-bond donors (Lipinski definition) is 3. The molecule has 0 amide bonds. The van der Waals surface area contributed by atoms with Gasteiger partial charge in [-0.15, -0.1) is 0 Å². The van der Waals surface area contributed by atoms with Crippen molar-refractivity contribution >= 4 is 11.8 Å². The van der Waals surface area contributed by atoms with Gasteiger partial charge in [-0.05, 0) is 23.6 Å². The number of hydrogen-bond acceptors (Lipinski definition) is 5. The molecule has 6 nitrogen and oxygen atoms in total. The van der Waals surface area contributed by atoms with Crippen LogP contribution in [0.1, 0.15) is 28.5 Å². The summed E-state index contributed by atoms with van der Waals surface area (Å²) < 4.78 is 1.11. The van der Waals surface area contributed by atoms with E-state index in [-0.39, 0.29) is 5.92 Å². The first kappa shape index (κ1) is 24.3. The molecule has 1 aliphatic heterocycles. The van der Waals surface area contributed by atoms with Crippen molar-refractivity contribution in [2.24, 2.45) is 5.92 Å². The van der Waals surface area contributed by atoms with Gasteiger partial charge in [0.2, 0.25) is 0 Å². The zero-order valence-electron chi connectivity index (χ0n) is 19.8. The van der Waals surface area contributed by atoms with Crippen molar-refractivity contribution in [1.29, 1.82) is 0 Å². The van der Waals surface area contributed by atoms with Crippen molar-refractivity contribution in [2.75, 3.05) is 5.75 Å². The molecule has 3 aromatic carbocycles. The van der Waals surface area contributed by atoms with Crippen LogP contribution in [0.2, 0.25) is 0 Å². The molecular formula is C29H28N2O4S. The normalized spacial score (nSPS) is 20.8. The number of aliphatic hydroxyl groups excluding tert-OH is 2. The third-order valence-electron chi connectivity index (χ3n) is 7.19. The number of nitrogens with zero attached hydrogens (tertiary/aromatic N) is 1. The van der Waals surface area contributed by atoms with Crippen molar-refractivity contribution in [3.8, 4) is 0 Å². The lowest BCUT2D eigenvalue weighted by Crippen LogP contribution is -2.47. The molecule has 5 rings (SSSR count). The fourth-order valence-electron chi connectivity index (χ4n) is 5.47. The Kier molecular flexibility index (Phi) is 6.71. The highest BCUT2D eigenvalue weighted by atomic mass is 32.2. The number of thioether (sulfide) groups is 1. The maximum absolute atomic E-state index is 12.5. The topological polar surface area (TPSA) is 95.3 Å². The van der Waals surface area contributed by atoms with E-state index in [1.807, 2.05) is 54.6 Å². The molecule has 0 saturated carbocycles. The summed E-state index contributed by atoms with van der Waals surface area (Å²) in [7, 11) is 0. The molecule has 7 heteroatoms. The minimum absolute atomic E-state index is 0.311. The molecule has 0 aliphatic carbocycles. The van der Waals surface area contributed by atoms with Crippen LogP contribution in [0.3, 0.4) is 0 Å². The highest BCUT2D eigenvalue weighted by Gasteiger charge is 2.53. The number of rotatable bonds is 6. The number of H-pyrrole nitrogens is 1. The van der Waals surface area contributed by atoms with E-state index in [1.165, 1.54) is 18.0 Å². The van der Waals surface area contributed by atoms with Gasteiger partial charge in [0.05, 0.1) is 16.8 Å². The predicted molar refractivity (Wildman–Crippen MR) is 142 cm³/mol. The van der Waals surface area contributed by atoms with Crippen LogP contribution in [-0.4, -0.2) is 36.9 Å². The van der Waals surface area contributed by atoms with E-state index >= 15 is 0 Å². The van der Waals surface area contributed by atoms with Gasteiger partial charge < -0.3 is 10.2 Å². The molecule has 1 unspecified atom stereocenters. The Bertz CT molecular complexity index is 1340. The van der Waals surface area contributed by atoms with E-state index < -0.39 is 34.2 Å². The Morgan fingerprint density at radius 3 is 1.83 bits per heavy atom. The van der Waals surface area contributed by atoms with Crippen molar-refractivity contribution in [2.45, 2.75) is 29.9 Å². The van der Waals surface area contributed by atoms with E-state index in [0.29, 0.717) is 11.3 Å². The zero-order chi connectivity index (χ0) is 25.3. The van der Waals surface area contributed by atoms with Gasteiger partial charge in [0, 0.05) is 23.4 Å². The Labute approximate surface area is 213 Å². The van der Waals surface area contributed by atoms with Crippen molar-refractivity contribution in [3.05, 3.63) is 140 Å². The van der Waals surface area contributed by atoms with Crippen LogP contribution >= 0.6 is 11.8 Å². The summed E-state index contributed by atoms with van der Waals surface area (Å²) in [5.74, 6) is 0.243. The summed E-state index contributed by atoms with van der Waals surface area (Å²) in [4.78, 5) is 26.6. The second kappa shape index (κ2) is 9.93. The molecule has 1 saturated heterocycles. The van der Waals surface area contributed by atoms with E-state index in [9.17, 15) is 19.8 Å². The Hall–Kier alpha value is -3.39. The van der Waals surface area contributed by atoms with Gasteiger partial charge in [-0.3, -0.25) is 14.3 Å². The molecule has 1 aliphatic rings. The molecule has 184 valence electrons. The smallest absolute Gasteiger partial charge is 0.330 e. The number of benzene rings is 3. The van der Waals surface area contributed by atoms with Crippen LogP contribution in [0.25, 0.3) is 0 Å². The summed E-state index contributed by atoms with van der Waals surface area (Å²) in [6.07, 6.45) is -0.909. The lowest BCUT2D eigenvalue weighted by molar-refractivity contribution is 0.0184. The quantitative estimate of drug-likeness (QED) is 0.353. The van der Waals surface area contributed by atoms with Gasteiger partial charge in [0.25, 0.3) is 5.56 Å². The molecule has 4 atom stereocenters. The van der Waals surface area contributed by atoms with Crippen molar-refractivity contribution in [3.63, 3.8) is 0 Å². The Morgan fingerprint density at radius 2 is 1.36 bits per heavy atom. The van der Waals surface area contributed by atoms with Gasteiger partial charge in [0.1, 0.15) is 6.23 Å². The summed E-state index contributed by atoms with van der Waals surface area (Å²) >= 11 is 1.44. The van der Waals surface area contributed by atoms with Crippen LogP contribution in [0, 0.1) is 12.8 Å². The van der Waals surface area contributed by atoms with Crippen LogP contribution in [0.5, 0.6) is 0 Å². The molecule has 4 aromatic rings. The molecule has 0 radical (unpaired) electrons. The molecule has 2 heterocycles. The summed E-state index contributed by atoms with van der Waals surface area (Å²) in [6, 6.07) is 30.4. The Morgan fingerprint density at radius 1 is 0.889 bits per heavy atom. The lowest BCUT2D eigenvalue weighted by Gasteiger charge is -2.43. The van der Waals surface area contributed by atoms with Crippen LogP contribution in [0.15, 0.2) is 107 Å². The van der Waals surface area contributed by atoms with Crippen LogP contribution in [-0.2, 0) is 5.41 Å². The number of aryl methyl sites for hydroxylation is 1. The maximum Gasteiger partial charge on any atom is 0.330 e. The third kappa shape index (κ3) is 4.03. The first-order chi connectivity index (χ1) is 17.4. The monoisotopic (exact) mass is 500 g/mol. The molecule has 36 heavy (non-hydrogen) atoms. The van der Waals surface area contributed by atoms with Gasteiger partial charge in [-0.2, -0.15) is 11.8 Å². The first-order valence-electron chi connectivity index (χ1n) is 11.9. The largest absolute Gasteiger partial charge is 0.391 e. The summed E-state index contributed by atoms with van der Waals surface area (Å²) in [6.45, 7) is 1.58. The standard InChI is InChI=1S/C29H28N2O4S/c1-19-17-31(28(35)30-26(19)33)27(34)25-24(32)23(18-36-25)29(20-11-5-2-6-12-20,21-13-7-3-8-14-21)22-15-9-4-10-16-22/h2-17,23-25,27,32,34H,18H2,1H3,(H,30,33,35)/t23-,24+,25-,27?/m1/s1. The molecule has 1 fully saturated rings. The molecule has 1 aromatic heterocycles. The number of nitrogens with one attached hydrogen (secondary N) is 1. The SMILES string of the molecule is Cc1cn(C(O)[C@@H]2SC[C@@H](C(c3ccccc3)(c3ccccc3)c3ccccc3)[C@@H]2O)c(=O)[nH]c1=O. The maximum atomic E-state index is 12.5. The summed E-state index contributed by atoms with van der Waals surface area (Å²) in [5, 5.41) is 22.4. The average Bonchev–Trinajstić information content (AvgIpc) is 3.29. The van der Waals surface area contributed by atoms with E-state index in [2.05, 4.69) is 41.4 Å². The molecule has 3 N–H and O–H groups in total. The van der Waals surface area contributed by atoms with Crippen LogP contribution < -0.4 is 11.2 Å². The highest BCUT2D eigenvalue weighted by molar-refractivity contribution is 8.00. The predicted octanol–water partition coefficient (Wildman–Crippen LogP) is 3.46. The third-order valence-corrected chi connectivity index (χ3v) is 8.64. The fourth-order valence-corrected chi connectivity index (χ4v) is 7.04. The molecular weight excluding hydrogens is 472 g/mol. The first-order valence-corrected chi connectivity index (χ1v) is 13.0. The molecule has 0 bridgehead atoms.